The number of halogens is 1. The summed E-state index contributed by atoms with van der Waals surface area (Å²) in [6.07, 6.45) is 0. The van der Waals surface area contributed by atoms with Gasteiger partial charge < -0.3 is 15.4 Å². The van der Waals surface area contributed by atoms with Gasteiger partial charge in [-0.3, -0.25) is 4.72 Å². The lowest BCUT2D eigenvalue weighted by molar-refractivity contribution is 0.417. The molecular weight excluding hydrogens is 442 g/mol. The molecule has 0 aromatic heterocycles. The van der Waals surface area contributed by atoms with Gasteiger partial charge in [0.15, 0.2) is 5.11 Å². The maximum atomic E-state index is 12.7. The van der Waals surface area contributed by atoms with Crippen molar-refractivity contribution in [2.45, 2.75) is 11.8 Å². The summed E-state index contributed by atoms with van der Waals surface area (Å²) in [6, 6.07) is 18.6. The second kappa shape index (κ2) is 9.34. The van der Waals surface area contributed by atoms with Crippen molar-refractivity contribution in [3.05, 3.63) is 77.3 Å². The van der Waals surface area contributed by atoms with E-state index in [4.69, 9.17) is 28.6 Å². The number of hydrogen-bond acceptors (Lipinski definition) is 4. The molecule has 3 N–H and O–H groups in total. The average Bonchev–Trinajstić information content (AvgIpc) is 2.72. The minimum atomic E-state index is -3.77. The van der Waals surface area contributed by atoms with Crippen LogP contribution in [0.4, 0.5) is 17.1 Å². The first-order valence-electron chi connectivity index (χ1n) is 8.89. The maximum Gasteiger partial charge on any atom is 0.262 e. The van der Waals surface area contributed by atoms with Crippen LogP contribution < -0.4 is 20.1 Å². The fourth-order valence-electron chi connectivity index (χ4n) is 2.68. The molecule has 3 rings (SSSR count). The van der Waals surface area contributed by atoms with Crippen molar-refractivity contribution < 1.29 is 13.2 Å². The molecule has 0 bridgehead atoms. The summed E-state index contributed by atoms with van der Waals surface area (Å²) in [5.74, 6) is 0.437. The normalized spacial score (nSPS) is 10.9. The zero-order chi connectivity index (χ0) is 21.7. The van der Waals surface area contributed by atoms with E-state index in [1.807, 2.05) is 19.1 Å². The van der Waals surface area contributed by atoms with Crippen LogP contribution in [0.5, 0.6) is 5.75 Å². The quantitative estimate of drug-likeness (QED) is 0.434. The molecule has 0 atom stereocenters. The summed E-state index contributed by atoms with van der Waals surface area (Å²) in [6.45, 7) is 1.89. The molecule has 9 heteroatoms. The van der Waals surface area contributed by atoms with Gasteiger partial charge in [-0.15, -0.1) is 0 Å². The van der Waals surface area contributed by atoms with Gasteiger partial charge in [0.05, 0.1) is 17.7 Å². The number of nitrogens with one attached hydrogen (secondary N) is 3. The van der Waals surface area contributed by atoms with Crippen molar-refractivity contribution in [3.8, 4) is 5.75 Å². The van der Waals surface area contributed by atoms with Crippen molar-refractivity contribution in [2.24, 2.45) is 0 Å². The molecular formula is C21H20ClN3O3S2. The first-order valence-corrected chi connectivity index (χ1v) is 11.2. The van der Waals surface area contributed by atoms with Crippen LogP contribution in [0.2, 0.25) is 5.02 Å². The highest BCUT2D eigenvalue weighted by molar-refractivity contribution is 7.92. The highest BCUT2D eigenvalue weighted by Gasteiger charge is 2.16. The molecule has 0 unspecified atom stereocenters. The zero-order valence-electron chi connectivity index (χ0n) is 16.3. The highest BCUT2D eigenvalue weighted by Crippen LogP contribution is 2.27. The fraction of sp³-hybridized carbons (Fsp3) is 0.0952. The van der Waals surface area contributed by atoms with Crippen LogP contribution >= 0.6 is 23.8 Å². The molecule has 30 heavy (non-hydrogen) atoms. The van der Waals surface area contributed by atoms with Crippen molar-refractivity contribution in [3.63, 3.8) is 0 Å². The maximum absolute atomic E-state index is 12.7. The summed E-state index contributed by atoms with van der Waals surface area (Å²) in [7, 11) is -2.29. The lowest BCUT2D eigenvalue weighted by Crippen LogP contribution is -2.20. The van der Waals surface area contributed by atoms with Gasteiger partial charge in [0.25, 0.3) is 10.0 Å². The zero-order valence-corrected chi connectivity index (χ0v) is 18.7. The Bertz CT molecular complexity index is 1170. The summed E-state index contributed by atoms with van der Waals surface area (Å²) >= 11 is 11.5. The van der Waals surface area contributed by atoms with Crippen LogP contribution in [0.15, 0.2) is 71.6 Å². The van der Waals surface area contributed by atoms with Crippen LogP contribution in [-0.4, -0.2) is 20.6 Å². The van der Waals surface area contributed by atoms with Crippen LogP contribution in [-0.2, 0) is 10.0 Å². The Labute approximate surface area is 186 Å². The smallest absolute Gasteiger partial charge is 0.262 e. The Hall–Kier alpha value is -2.81. The number of hydrogen-bond donors (Lipinski definition) is 3. The van der Waals surface area contributed by atoms with Crippen LogP contribution in [0, 0.1) is 6.92 Å². The van der Waals surface area contributed by atoms with E-state index in [1.54, 1.807) is 42.5 Å². The van der Waals surface area contributed by atoms with E-state index in [0.717, 1.165) is 11.3 Å². The lowest BCUT2D eigenvalue weighted by atomic mass is 10.2. The van der Waals surface area contributed by atoms with Crippen LogP contribution in [0.3, 0.4) is 0 Å². The summed E-state index contributed by atoms with van der Waals surface area (Å²) < 4.78 is 33.1. The number of ether oxygens (including phenoxy) is 1. The molecule has 0 fully saturated rings. The standard InChI is InChI=1S/C21H20ClN3O3S2/c1-14-17(22)6-5-8-18(14)24-21(29)23-15-10-12-16(13-11-15)30(26,27)25-19-7-3-4-9-20(19)28-2/h3-13,25H,1-2H3,(H2,23,24,29). The minimum Gasteiger partial charge on any atom is -0.495 e. The van der Waals surface area contributed by atoms with E-state index in [0.29, 0.717) is 27.3 Å². The van der Waals surface area contributed by atoms with Crippen molar-refractivity contribution >= 4 is 56.0 Å². The first kappa shape index (κ1) is 21.9. The third-order valence-electron chi connectivity index (χ3n) is 4.29. The van der Waals surface area contributed by atoms with Gasteiger partial charge in [-0.2, -0.15) is 0 Å². The lowest BCUT2D eigenvalue weighted by Gasteiger charge is -2.14. The SMILES string of the molecule is COc1ccccc1NS(=O)(=O)c1ccc(NC(=S)Nc2cccc(Cl)c2C)cc1. The fourth-order valence-corrected chi connectivity index (χ4v) is 4.15. The second-order valence-corrected chi connectivity index (χ2v) is 8.82. The Morgan fingerprint density at radius 2 is 1.60 bits per heavy atom. The molecule has 3 aromatic carbocycles. The summed E-state index contributed by atoms with van der Waals surface area (Å²) in [5, 5.41) is 7.11. The number of para-hydroxylation sites is 2. The average molecular weight is 462 g/mol. The number of rotatable bonds is 6. The summed E-state index contributed by atoms with van der Waals surface area (Å²) in [4.78, 5) is 0.114. The molecule has 0 amide bonds. The number of sulfonamides is 1. The van der Waals surface area contributed by atoms with Crippen LogP contribution in [0.1, 0.15) is 5.56 Å². The molecule has 156 valence electrons. The van der Waals surface area contributed by atoms with Crippen LogP contribution in [0.25, 0.3) is 0 Å². The Balaban J connectivity index is 1.69. The molecule has 0 heterocycles. The van der Waals surface area contributed by atoms with E-state index in [-0.39, 0.29) is 4.90 Å². The van der Waals surface area contributed by atoms with Gasteiger partial charge in [-0.1, -0.05) is 29.8 Å². The molecule has 0 aliphatic carbocycles. The molecule has 0 saturated heterocycles. The number of anilines is 3. The van der Waals surface area contributed by atoms with Gasteiger partial charge >= 0.3 is 0 Å². The third-order valence-corrected chi connectivity index (χ3v) is 6.28. The highest BCUT2D eigenvalue weighted by atomic mass is 35.5. The molecule has 0 aliphatic heterocycles. The topological polar surface area (TPSA) is 79.5 Å². The van der Waals surface area contributed by atoms with Gasteiger partial charge in [0.2, 0.25) is 0 Å². The van der Waals surface area contributed by atoms with Gasteiger partial charge in [0.1, 0.15) is 5.75 Å². The molecule has 0 radical (unpaired) electrons. The van der Waals surface area contributed by atoms with Gasteiger partial charge in [-0.05, 0) is 73.2 Å². The van der Waals surface area contributed by atoms with E-state index in [2.05, 4.69) is 15.4 Å². The third kappa shape index (κ3) is 5.21. The second-order valence-electron chi connectivity index (χ2n) is 6.32. The molecule has 3 aromatic rings. The Morgan fingerprint density at radius 1 is 0.933 bits per heavy atom. The Kier molecular flexibility index (Phi) is 6.81. The van der Waals surface area contributed by atoms with E-state index in [9.17, 15) is 8.42 Å². The van der Waals surface area contributed by atoms with Crippen molar-refractivity contribution in [1.82, 2.24) is 0 Å². The number of benzene rings is 3. The van der Waals surface area contributed by atoms with E-state index in [1.165, 1.54) is 19.2 Å². The predicted octanol–water partition coefficient (Wildman–Crippen LogP) is 5.27. The van der Waals surface area contributed by atoms with E-state index >= 15 is 0 Å². The largest absolute Gasteiger partial charge is 0.495 e. The van der Waals surface area contributed by atoms with E-state index < -0.39 is 10.0 Å². The molecule has 0 saturated carbocycles. The monoisotopic (exact) mass is 461 g/mol. The summed E-state index contributed by atoms with van der Waals surface area (Å²) in [5.41, 5.74) is 2.68. The number of methoxy groups -OCH3 is 1. The predicted molar refractivity (Wildman–Crippen MR) is 126 cm³/mol. The van der Waals surface area contributed by atoms with Crippen molar-refractivity contribution in [2.75, 3.05) is 22.5 Å². The molecule has 6 nitrogen and oxygen atoms in total. The van der Waals surface area contributed by atoms with Gasteiger partial charge in [0, 0.05) is 16.4 Å². The minimum absolute atomic E-state index is 0.114. The molecule has 0 spiro atoms. The molecule has 0 aliphatic rings. The Morgan fingerprint density at radius 3 is 2.30 bits per heavy atom. The van der Waals surface area contributed by atoms with Gasteiger partial charge in [-0.25, -0.2) is 8.42 Å². The van der Waals surface area contributed by atoms with Crippen molar-refractivity contribution in [1.29, 1.82) is 0 Å². The number of thiocarbonyl (C=S) groups is 1. The first-order chi connectivity index (χ1) is 14.3.